The van der Waals surface area contributed by atoms with Crippen LogP contribution in [0.3, 0.4) is 0 Å². The van der Waals surface area contributed by atoms with Gasteiger partial charge in [-0.3, -0.25) is 9.59 Å². The zero-order valence-corrected chi connectivity index (χ0v) is 9.88. The van der Waals surface area contributed by atoms with E-state index in [-0.39, 0.29) is 22.9 Å². The topological polar surface area (TPSA) is 54.4 Å². The molecular weight excluding hydrogens is 228 g/mol. The summed E-state index contributed by atoms with van der Waals surface area (Å²) in [6.07, 6.45) is 0. The number of ketones is 2. The molecule has 18 heavy (non-hydrogen) atoms. The number of Topliss-reactive ketones (excluding diaryl/α,β-unsaturated/α-hetero) is 1. The van der Waals surface area contributed by atoms with Gasteiger partial charge >= 0.3 is 0 Å². The molecule has 0 aliphatic carbocycles. The molecule has 0 unspecified atom stereocenters. The summed E-state index contributed by atoms with van der Waals surface area (Å²) in [6, 6.07) is 12.9. The quantitative estimate of drug-likeness (QED) is 0.839. The first-order chi connectivity index (χ1) is 8.61. The van der Waals surface area contributed by atoms with E-state index in [1.807, 2.05) is 0 Å². The highest BCUT2D eigenvalue weighted by Crippen LogP contribution is 2.21. The minimum atomic E-state index is -0.348. The maximum atomic E-state index is 12.3. The Bertz CT molecular complexity index is 615. The predicted molar refractivity (Wildman–Crippen MR) is 68.0 cm³/mol. The van der Waals surface area contributed by atoms with E-state index < -0.39 is 0 Å². The lowest BCUT2D eigenvalue weighted by Gasteiger charge is -2.07. The Morgan fingerprint density at radius 3 is 1.89 bits per heavy atom. The van der Waals surface area contributed by atoms with Gasteiger partial charge in [-0.15, -0.1) is 0 Å². The first-order valence-electron chi connectivity index (χ1n) is 5.54. The van der Waals surface area contributed by atoms with Crippen LogP contribution >= 0.6 is 0 Å². The molecule has 0 aromatic heterocycles. The standard InChI is InChI=1S/C15H12O3/c1-10(16)11-6-2-3-7-12(11)15(18)13-8-4-5-9-14(13)17/h2-9,17H,1H3. The lowest BCUT2D eigenvalue weighted by atomic mass is 9.96. The third-order valence-corrected chi connectivity index (χ3v) is 2.70. The molecule has 0 heterocycles. The zero-order valence-electron chi connectivity index (χ0n) is 9.88. The van der Waals surface area contributed by atoms with E-state index in [0.717, 1.165) is 0 Å². The first kappa shape index (κ1) is 12.0. The van der Waals surface area contributed by atoms with Crippen molar-refractivity contribution in [1.82, 2.24) is 0 Å². The van der Waals surface area contributed by atoms with Crippen molar-refractivity contribution in [2.24, 2.45) is 0 Å². The van der Waals surface area contributed by atoms with Gasteiger partial charge in [0.2, 0.25) is 0 Å². The maximum absolute atomic E-state index is 12.3. The van der Waals surface area contributed by atoms with Crippen molar-refractivity contribution >= 4 is 11.6 Å². The largest absolute Gasteiger partial charge is 0.507 e. The van der Waals surface area contributed by atoms with Gasteiger partial charge in [-0.05, 0) is 19.1 Å². The Labute approximate surface area is 105 Å². The van der Waals surface area contributed by atoms with Crippen molar-refractivity contribution in [1.29, 1.82) is 0 Å². The van der Waals surface area contributed by atoms with Crippen LogP contribution in [-0.4, -0.2) is 16.7 Å². The van der Waals surface area contributed by atoms with Crippen molar-refractivity contribution in [3.05, 3.63) is 65.2 Å². The molecule has 2 aromatic rings. The van der Waals surface area contributed by atoms with E-state index in [2.05, 4.69) is 0 Å². The van der Waals surface area contributed by atoms with Gasteiger partial charge in [0.25, 0.3) is 0 Å². The second-order valence-electron chi connectivity index (χ2n) is 3.95. The number of rotatable bonds is 3. The molecule has 0 aliphatic heterocycles. The Morgan fingerprint density at radius 2 is 1.33 bits per heavy atom. The van der Waals surface area contributed by atoms with Crippen LogP contribution in [-0.2, 0) is 0 Å². The van der Waals surface area contributed by atoms with Crippen molar-refractivity contribution in [3.63, 3.8) is 0 Å². The van der Waals surface area contributed by atoms with Crippen LogP contribution in [0, 0.1) is 0 Å². The van der Waals surface area contributed by atoms with Crippen LogP contribution in [0.25, 0.3) is 0 Å². The molecule has 0 saturated carbocycles. The summed E-state index contributed by atoms with van der Waals surface area (Å²) in [5.41, 5.74) is 0.878. The second kappa shape index (κ2) is 4.84. The van der Waals surface area contributed by atoms with Crippen molar-refractivity contribution in [3.8, 4) is 5.75 Å². The van der Waals surface area contributed by atoms with Gasteiger partial charge in [-0.25, -0.2) is 0 Å². The molecule has 0 bridgehead atoms. The Balaban J connectivity index is 2.54. The molecule has 0 spiro atoms. The molecule has 90 valence electrons. The summed E-state index contributed by atoms with van der Waals surface area (Å²) >= 11 is 0. The molecule has 2 aromatic carbocycles. The fourth-order valence-corrected chi connectivity index (χ4v) is 1.80. The van der Waals surface area contributed by atoms with Gasteiger partial charge in [0.05, 0.1) is 5.56 Å². The highest BCUT2D eigenvalue weighted by Gasteiger charge is 2.17. The van der Waals surface area contributed by atoms with Gasteiger partial charge < -0.3 is 5.11 Å². The van der Waals surface area contributed by atoms with Gasteiger partial charge in [0.15, 0.2) is 11.6 Å². The number of para-hydroxylation sites is 1. The van der Waals surface area contributed by atoms with E-state index >= 15 is 0 Å². The molecule has 3 heteroatoms. The number of benzene rings is 2. The summed E-state index contributed by atoms with van der Waals surface area (Å²) < 4.78 is 0. The molecule has 2 rings (SSSR count). The summed E-state index contributed by atoms with van der Waals surface area (Å²) in [5.74, 6) is -0.603. The molecule has 0 amide bonds. The average Bonchev–Trinajstić information content (AvgIpc) is 2.38. The van der Waals surface area contributed by atoms with E-state index in [1.165, 1.54) is 19.1 Å². The molecular formula is C15H12O3. The molecule has 1 N–H and O–H groups in total. The maximum Gasteiger partial charge on any atom is 0.197 e. The normalized spacial score (nSPS) is 10.1. The number of aromatic hydroxyl groups is 1. The smallest absolute Gasteiger partial charge is 0.197 e. The summed E-state index contributed by atoms with van der Waals surface area (Å²) in [7, 11) is 0. The fraction of sp³-hybridized carbons (Fsp3) is 0.0667. The number of phenolic OH excluding ortho intramolecular Hbond substituents is 1. The zero-order chi connectivity index (χ0) is 13.1. The summed E-state index contributed by atoms with van der Waals surface area (Å²) in [4.78, 5) is 23.8. The highest BCUT2D eigenvalue weighted by atomic mass is 16.3. The van der Waals surface area contributed by atoms with Crippen LogP contribution in [0.5, 0.6) is 5.75 Å². The van der Waals surface area contributed by atoms with E-state index in [0.29, 0.717) is 11.1 Å². The van der Waals surface area contributed by atoms with E-state index in [1.54, 1.807) is 36.4 Å². The van der Waals surface area contributed by atoms with Crippen molar-refractivity contribution in [2.45, 2.75) is 6.92 Å². The summed E-state index contributed by atoms with van der Waals surface area (Å²) in [6.45, 7) is 1.41. The van der Waals surface area contributed by atoms with Crippen LogP contribution in [0.1, 0.15) is 33.2 Å². The predicted octanol–water partition coefficient (Wildman–Crippen LogP) is 2.83. The highest BCUT2D eigenvalue weighted by molar-refractivity contribution is 6.16. The van der Waals surface area contributed by atoms with Gasteiger partial charge in [-0.2, -0.15) is 0 Å². The Hall–Kier alpha value is -2.42. The van der Waals surface area contributed by atoms with E-state index in [4.69, 9.17) is 0 Å². The molecule has 3 nitrogen and oxygen atoms in total. The SMILES string of the molecule is CC(=O)c1ccccc1C(=O)c1ccccc1O. The minimum Gasteiger partial charge on any atom is -0.507 e. The molecule has 0 atom stereocenters. The Morgan fingerprint density at radius 1 is 0.833 bits per heavy atom. The Kier molecular flexibility index (Phi) is 3.24. The average molecular weight is 240 g/mol. The molecule has 0 fully saturated rings. The molecule has 0 saturated heterocycles. The number of hydrogen-bond donors (Lipinski definition) is 1. The molecule has 0 radical (unpaired) electrons. The number of phenols is 1. The van der Waals surface area contributed by atoms with Crippen molar-refractivity contribution < 1.29 is 14.7 Å². The minimum absolute atomic E-state index is 0.0825. The van der Waals surface area contributed by atoms with Crippen LogP contribution in [0.15, 0.2) is 48.5 Å². The molecule has 0 aliphatic rings. The summed E-state index contributed by atoms with van der Waals surface area (Å²) in [5, 5.41) is 9.67. The van der Waals surface area contributed by atoms with Gasteiger partial charge in [0.1, 0.15) is 5.75 Å². The van der Waals surface area contributed by atoms with Gasteiger partial charge in [-0.1, -0.05) is 36.4 Å². The second-order valence-corrected chi connectivity index (χ2v) is 3.95. The van der Waals surface area contributed by atoms with Gasteiger partial charge in [0, 0.05) is 11.1 Å². The van der Waals surface area contributed by atoms with Crippen LogP contribution in [0.2, 0.25) is 0 Å². The first-order valence-corrected chi connectivity index (χ1v) is 5.54. The lowest BCUT2D eigenvalue weighted by molar-refractivity contribution is 0.0989. The number of hydrogen-bond acceptors (Lipinski definition) is 3. The number of carbonyl (C=O) groups is 2. The fourth-order valence-electron chi connectivity index (χ4n) is 1.80. The van der Waals surface area contributed by atoms with Crippen LogP contribution < -0.4 is 0 Å². The lowest BCUT2D eigenvalue weighted by Crippen LogP contribution is -2.08. The third-order valence-electron chi connectivity index (χ3n) is 2.70. The van der Waals surface area contributed by atoms with Crippen molar-refractivity contribution in [2.75, 3.05) is 0 Å². The monoisotopic (exact) mass is 240 g/mol. The van der Waals surface area contributed by atoms with Crippen LogP contribution in [0.4, 0.5) is 0 Å². The van der Waals surface area contributed by atoms with E-state index in [9.17, 15) is 14.7 Å². The number of carbonyl (C=O) groups excluding carboxylic acids is 2. The third kappa shape index (κ3) is 2.15.